The van der Waals surface area contributed by atoms with Crippen LogP contribution in [0.25, 0.3) is 0 Å². The van der Waals surface area contributed by atoms with Crippen molar-refractivity contribution in [2.45, 2.75) is 32.7 Å². The van der Waals surface area contributed by atoms with Crippen LogP contribution in [0, 0.1) is 17.0 Å². The van der Waals surface area contributed by atoms with E-state index in [1.54, 1.807) is 13.0 Å². The Balaban J connectivity index is 2.84. The van der Waals surface area contributed by atoms with Crippen molar-refractivity contribution in [1.29, 1.82) is 0 Å². The molecule has 0 radical (unpaired) electrons. The van der Waals surface area contributed by atoms with Crippen molar-refractivity contribution in [2.24, 2.45) is 0 Å². The zero-order valence-electron chi connectivity index (χ0n) is 10.1. The average molecular weight is 238 g/mol. The first-order valence-corrected chi connectivity index (χ1v) is 5.71. The molecule has 5 heteroatoms. The van der Waals surface area contributed by atoms with Crippen molar-refractivity contribution in [3.05, 3.63) is 33.9 Å². The molecule has 2 N–H and O–H groups in total. The van der Waals surface area contributed by atoms with Gasteiger partial charge in [0.2, 0.25) is 0 Å². The maximum absolute atomic E-state index is 10.8. The van der Waals surface area contributed by atoms with E-state index in [1.807, 2.05) is 13.0 Å². The first kappa shape index (κ1) is 13.4. The highest BCUT2D eigenvalue weighted by atomic mass is 16.6. The summed E-state index contributed by atoms with van der Waals surface area (Å²) in [7, 11) is 0. The Kier molecular flexibility index (Phi) is 4.90. The fourth-order valence-electron chi connectivity index (χ4n) is 1.67. The maximum Gasteiger partial charge on any atom is 0.274 e. The minimum Gasteiger partial charge on any atom is -0.396 e. The van der Waals surface area contributed by atoms with Crippen LogP contribution in [0.5, 0.6) is 0 Å². The van der Waals surface area contributed by atoms with Gasteiger partial charge in [0.25, 0.3) is 5.69 Å². The van der Waals surface area contributed by atoms with Crippen molar-refractivity contribution < 1.29 is 10.0 Å². The second kappa shape index (κ2) is 6.20. The second-order valence-corrected chi connectivity index (χ2v) is 4.02. The van der Waals surface area contributed by atoms with Crippen molar-refractivity contribution in [3.8, 4) is 0 Å². The van der Waals surface area contributed by atoms with Crippen LogP contribution in [-0.4, -0.2) is 22.7 Å². The topological polar surface area (TPSA) is 75.4 Å². The predicted octanol–water partition coefficient (Wildman–Crippen LogP) is 2.48. The Bertz CT molecular complexity index is 393. The lowest BCUT2D eigenvalue weighted by molar-refractivity contribution is -0.385. The van der Waals surface area contributed by atoms with Crippen molar-refractivity contribution in [2.75, 3.05) is 11.9 Å². The standard InChI is InChI=1S/C12H18N2O3/c1-3-10(6-7-15)13-11-5-4-9(2)12(8-11)14(16)17/h4-5,8,10,13,15H,3,6-7H2,1-2H3. The zero-order valence-corrected chi connectivity index (χ0v) is 10.1. The van der Waals surface area contributed by atoms with Gasteiger partial charge in [-0.1, -0.05) is 13.0 Å². The lowest BCUT2D eigenvalue weighted by Gasteiger charge is -2.17. The van der Waals surface area contributed by atoms with E-state index in [-0.39, 0.29) is 23.3 Å². The molecule has 1 aromatic rings. The first-order chi connectivity index (χ1) is 8.08. The quantitative estimate of drug-likeness (QED) is 0.589. The van der Waals surface area contributed by atoms with E-state index in [9.17, 15) is 10.1 Å². The van der Waals surface area contributed by atoms with Crippen LogP contribution in [0.15, 0.2) is 18.2 Å². The highest BCUT2D eigenvalue weighted by molar-refractivity contribution is 5.55. The van der Waals surface area contributed by atoms with Crippen LogP contribution >= 0.6 is 0 Å². The maximum atomic E-state index is 10.8. The molecule has 1 atom stereocenters. The Morgan fingerprint density at radius 1 is 1.53 bits per heavy atom. The number of aliphatic hydroxyl groups is 1. The Morgan fingerprint density at radius 2 is 2.24 bits per heavy atom. The number of nitrogens with zero attached hydrogens (tertiary/aromatic N) is 1. The summed E-state index contributed by atoms with van der Waals surface area (Å²) < 4.78 is 0. The summed E-state index contributed by atoms with van der Waals surface area (Å²) in [6.45, 7) is 3.84. The monoisotopic (exact) mass is 238 g/mol. The Morgan fingerprint density at radius 3 is 2.76 bits per heavy atom. The molecule has 0 saturated heterocycles. The number of anilines is 1. The molecule has 0 aliphatic carbocycles. The third kappa shape index (κ3) is 3.71. The number of nitrogens with one attached hydrogen (secondary N) is 1. The Hall–Kier alpha value is -1.62. The van der Waals surface area contributed by atoms with E-state index in [0.29, 0.717) is 12.0 Å². The molecule has 0 aromatic heterocycles. The van der Waals surface area contributed by atoms with Crippen molar-refractivity contribution in [3.63, 3.8) is 0 Å². The zero-order chi connectivity index (χ0) is 12.8. The average Bonchev–Trinajstić information content (AvgIpc) is 2.30. The van der Waals surface area contributed by atoms with Crippen LogP contribution in [0.3, 0.4) is 0 Å². The Labute approximate surface area is 101 Å². The van der Waals surface area contributed by atoms with Crippen LogP contribution < -0.4 is 5.32 Å². The lowest BCUT2D eigenvalue weighted by Crippen LogP contribution is -2.19. The van der Waals surface area contributed by atoms with Crippen LogP contribution in [-0.2, 0) is 0 Å². The molecule has 1 aromatic carbocycles. The lowest BCUT2D eigenvalue weighted by atomic mass is 10.1. The summed E-state index contributed by atoms with van der Waals surface area (Å²) >= 11 is 0. The first-order valence-electron chi connectivity index (χ1n) is 5.71. The van der Waals surface area contributed by atoms with Crippen LogP contribution in [0.1, 0.15) is 25.3 Å². The van der Waals surface area contributed by atoms with Gasteiger partial charge in [-0.05, 0) is 25.8 Å². The van der Waals surface area contributed by atoms with Gasteiger partial charge in [-0.3, -0.25) is 10.1 Å². The largest absolute Gasteiger partial charge is 0.396 e. The molecule has 5 nitrogen and oxygen atoms in total. The number of nitro benzene ring substituents is 1. The molecule has 0 fully saturated rings. The molecule has 94 valence electrons. The third-order valence-corrected chi connectivity index (χ3v) is 2.75. The predicted molar refractivity (Wildman–Crippen MR) is 67.2 cm³/mol. The van der Waals surface area contributed by atoms with Gasteiger partial charge in [-0.25, -0.2) is 0 Å². The molecule has 0 amide bonds. The van der Waals surface area contributed by atoms with Gasteiger partial charge in [0.05, 0.1) is 4.92 Å². The molecule has 0 heterocycles. The molecule has 1 unspecified atom stereocenters. The molecular weight excluding hydrogens is 220 g/mol. The normalized spacial score (nSPS) is 12.2. The summed E-state index contributed by atoms with van der Waals surface area (Å²) in [6, 6.07) is 5.23. The van der Waals surface area contributed by atoms with E-state index >= 15 is 0 Å². The molecule has 0 saturated carbocycles. The van der Waals surface area contributed by atoms with Crippen molar-refractivity contribution in [1.82, 2.24) is 0 Å². The molecule has 1 rings (SSSR count). The summed E-state index contributed by atoms with van der Waals surface area (Å²) in [5.74, 6) is 0. The molecule has 17 heavy (non-hydrogen) atoms. The molecular formula is C12H18N2O3. The van der Waals surface area contributed by atoms with Gasteiger partial charge in [0.1, 0.15) is 0 Å². The minimum absolute atomic E-state index is 0.111. The molecule has 0 bridgehead atoms. The fraction of sp³-hybridized carbons (Fsp3) is 0.500. The van der Waals surface area contributed by atoms with E-state index in [4.69, 9.17) is 5.11 Å². The van der Waals surface area contributed by atoms with Gasteiger partial charge < -0.3 is 10.4 Å². The molecule has 0 aliphatic rings. The highest BCUT2D eigenvalue weighted by Gasteiger charge is 2.12. The van der Waals surface area contributed by atoms with Gasteiger partial charge in [-0.15, -0.1) is 0 Å². The van der Waals surface area contributed by atoms with Crippen LogP contribution in [0.4, 0.5) is 11.4 Å². The minimum atomic E-state index is -0.381. The highest BCUT2D eigenvalue weighted by Crippen LogP contribution is 2.23. The van der Waals surface area contributed by atoms with E-state index in [0.717, 1.165) is 12.1 Å². The number of benzene rings is 1. The number of rotatable bonds is 6. The van der Waals surface area contributed by atoms with Gasteiger partial charge in [0.15, 0.2) is 0 Å². The molecule has 0 spiro atoms. The smallest absolute Gasteiger partial charge is 0.274 e. The summed E-state index contributed by atoms with van der Waals surface area (Å²) in [6.07, 6.45) is 1.50. The second-order valence-electron chi connectivity index (χ2n) is 4.02. The molecule has 0 aliphatic heterocycles. The third-order valence-electron chi connectivity index (χ3n) is 2.75. The van der Waals surface area contributed by atoms with Crippen LogP contribution in [0.2, 0.25) is 0 Å². The number of aliphatic hydroxyl groups excluding tert-OH is 1. The summed E-state index contributed by atoms with van der Waals surface area (Å²) in [5, 5.41) is 22.9. The van der Waals surface area contributed by atoms with Crippen molar-refractivity contribution >= 4 is 11.4 Å². The summed E-state index contributed by atoms with van der Waals surface area (Å²) in [5.41, 5.74) is 1.49. The van der Waals surface area contributed by atoms with E-state index in [1.165, 1.54) is 6.07 Å². The van der Waals surface area contributed by atoms with E-state index < -0.39 is 0 Å². The van der Waals surface area contributed by atoms with Gasteiger partial charge in [-0.2, -0.15) is 0 Å². The number of hydrogen-bond donors (Lipinski definition) is 2. The number of nitro groups is 1. The fourth-order valence-corrected chi connectivity index (χ4v) is 1.67. The summed E-state index contributed by atoms with van der Waals surface area (Å²) in [4.78, 5) is 10.4. The number of aryl methyl sites for hydroxylation is 1. The van der Waals surface area contributed by atoms with Gasteiger partial charge >= 0.3 is 0 Å². The SMILES string of the molecule is CCC(CCO)Nc1ccc(C)c([N+](=O)[O-])c1. The van der Waals surface area contributed by atoms with E-state index in [2.05, 4.69) is 5.32 Å². The number of hydrogen-bond acceptors (Lipinski definition) is 4. The van der Waals surface area contributed by atoms with Gasteiger partial charge in [0, 0.05) is 30.0 Å².